The summed E-state index contributed by atoms with van der Waals surface area (Å²) in [5.74, 6) is 1.58. The topological polar surface area (TPSA) is 70.5 Å². The molecule has 82 valence electrons. The summed E-state index contributed by atoms with van der Waals surface area (Å²) in [6.07, 6.45) is 0.777. The summed E-state index contributed by atoms with van der Waals surface area (Å²) in [6.45, 7) is 1.80. The average molecular weight is 208 g/mol. The minimum atomic E-state index is -0.0224. The van der Waals surface area contributed by atoms with Gasteiger partial charge in [-0.1, -0.05) is 6.07 Å². The van der Waals surface area contributed by atoms with Gasteiger partial charge in [0.2, 0.25) is 0 Å². The minimum Gasteiger partial charge on any atom is -0.486 e. The van der Waals surface area contributed by atoms with E-state index in [-0.39, 0.29) is 6.04 Å². The van der Waals surface area contributed by atoms with Crippen molar-refractivity contribution in [3.05, 3.63) is 23.8 Å². The van der Waals surface area contributed by atoms with Crippen LogP contribution in [0.4, 0.5) is 0 Å². The van der Waals surface area contributed by atoms with E-state index in [4.69, 9.17) is 20.9 Å². The predicted molar refractivity (Wildman–Crippen MR) is 58.0 cm³/mol. The third-order valence-electron chi connectivity index (χ3n) is 2.47. The second-order valence-electron chi connectivity index (χ2n) is 3.59. The van der Waals surface area contributed by atoms with Gasteiger partial charge < -0.3 is 20.9 Å². The Labute approximate surface area is 89.2 Å². The Morgan fingerprint density at radius 3 is 2.67 bits per heavy atom. The quantitative estimate of drug-likeness (QED) is 0.771. The Balaban J connectivity index is 2.20. The first kappa shape index (κ1) is 10.3. The van der Waals surface area contributed by atoms with Gasteiger partial charge in [0, 0.05) is 6.04 Å². The molecule has 0 aliphatic carbocycles. The molecule has 0 bridgehead atoms. The summed E-state index contributed by atoms with van der Waals surface area (Å²) in [4.78, 5) is 0. The summed E-state index contributed by atoms with van der Waals surface area (Å²) in [6, 6.07) is 5.79. The van der Waals surface area contributed by atoms with Gasteiger partial charge in [0.15, 0.2) is 11.5 Å². The molecule has 0 amide bonds. The van der Waals surface area contributed by atoms with E-state index in [0.29, 0.717) is 19.8 Å². The van der Waals surface area contributed by atoms with Crippen LogP contribution in [0.2, 0.25) is 0 Å². The predicted octanol–water partition coefficient (Wildman–Crippen LogP) is 0.806. The summed E-state index contributed by atoms with van der Waals surface area (Å²) < 4.78 is 10.9. The van der Waals surface area contributed by atoms with E-state index >= 15 is 0 Å². The molecular weight excluding hydrogens is 192 g/mol. The first-order valence-corrected chi connectivity index (χ1v) is 5.16. The van der Waals surface area contributed by atoms with E-state index in [1.165, 1.54) is 0 Å². The van der Waals surface area contributed by atoms with Gasteiger partial charge in [-0.2, -0.15) is 0 Å². The molecule has 4 heteroatoms. The summed E-state index contributed by atoms with van der Waals surface area (Å²) >= 11 is 0. The molecule has 1 aliphatic heterocycles. The molecule has 4 nitrogen and oxygen atoms in total. The van der Waals surface area contributed by atoms with Crippen molar-refractivity contribution in [3.8, 4) is 11.5 Å². The fourth-order valence-corrected chi connectivity index (χ4v) is 1.64. The Morgan fingerprint density at radius 1 is 1.20 bits per heavy atom. The van der Waals surface area contributed by atoms with Crippen LogP contribution in [0.15, 0.2) is 18.2 Å². The Kier molecular flexibility index (Phi) is 3.08. The normalized spacial score (nSPS) is 16.1. The van der Waals surface area contributed by atoms with Crippen molar-refractivity contribution in [1.29, 1.82) is 0 Å². The SMILES string of the molecule is NCCC(N)c1ccc2c(c1)OCCO2. The van der Waals surface area contributed by atoms with Crippen molar-refractivity contribution in [2.45, 2.75) is 12.5 Å². The number of hydrogen-bond donors (Lipinski definition) is 2. The van der Waals surface area contributed by atoms with Gasteiger partial charge in [-0.05, 0) is 30.7 Å². The van der Waals surface area contributed by atoms with E-state index < -0.39 is 0 Å². The van der Waals surface area contributed by atoms with Gasteiger partial charge >= 0.3 is 0 Å². The first-order chi connectivity index (χ1) is 7.31. The highest BCUT2D eigenvalue weighted by atomic mass is 16.6. The van der Waals surface area contributed by atoms with E-state index in [1.54, 1.807) is 0 Å². The van der Waals surface area contributed by atoms with Crippen LogP contribution < -0.4 is 20.9 Å². The van der Waals surface area contributed by atoms with Crippen LogP contribution >= 0.6 is 0 Å². The molecule has 0 saturated carbocycles. The van der Waals surface area contributed by atoms with Gasteiger partial charge in [0.05, 0.1) is 0 Å². The molecule has 0 saturated heterocycles. The highest BCUT2D eigenvalue weighted by Gasteiger charge is 2.14. The molecule has 15 heavy (non-hydrogen) atoms. The maximum Gasteiger partial charge on any atom is 0.161 e. The lowest BCUT2D eigenvalue weighted by atomic mass is 10.0. The van der Waals surface area contributed by atoms with Crippen LogP contribution in [0.3, 0.4) is 0 Å². The van der Waals surface area contributed by atoms with Crippen molar-refractivity contribution in [3.63, 3.8) is 0 Å². The lowest BCUT2D eigenvalue weighted by molar-refractivity contribution is 0.171. The van der Waals surface area contributed by atoms with Gasteiger partial charge in [-0.3, -0.25) is 0 Å². The minimum absolute atomic E-state index is 0.0224. The maximum atomic E-state index is 5.96. The zero-order valence-electron chi connectivity index (χ0n) is 8.61. The lowest BCUT2D eigenvalue weighted by Crippen LogP contribution is -2.18. The first-order valence-electron chi connectivity index (χ1n) is 5.16. The number of fused-ring (bicyclic) bond motifs is 1. The molecular formula is C11H16N2O2. The molecule has 0 fully saturated rings. The molecule has 1 aliphatic rings. The lowest BCUT2D eigenvalue weighted by Gasteiger charge is -2.20. The molecule has 1 aromatic rings. The smallest absolute Gasteiger partial charge is 0.161 e. The van der Waals surface area contributed by atoms with Crippen LogP contribution in [0, 0.1) is 0 Å². The third kappa shape index (κ3) is 2.22. The molecule has 1 atom stereocenters. The molecule has 0 spiro atoms. The van der Waals surface area contributed by atoms with Gasteiger partial charge in [-0.15, -0.1) is 0 Å². The second kappa shape index (κ2) is 4.51. The van der Waals surface area contributed by atoms with Crippen LogP contribution in [0.25, 0.3) is 0 Å². The summed E-state index contributed by atoms with van der Waals surface area (Å²) in [5.41, 5.74) is 12.5. The molecule has 0 radical (unpaired) electrons. The summed E-state index contributed by atoms with van der Waals surface area (Å²) in [5, 5.41) is 0. The molecule has 1 unspecified atom stereocenters. The maximum absolute atomic E-state index is 5.96. The van der Waals surface area contributed by atoms with Gasteiger partial charge in [0.25, 0.3) is 0 Å². The highest BCUT2D eigenvalue weighted by molar-refractivity contribution is 5.44. The number of benzene rings is 1. The van der Waals surface area contributed by atoms with Gasteiger partial charge in [0.1, 0.15) is 13.2 Å². The number of hydrogen-bond acceptors (Lipinski definition) is 4. The average Bonchev–Trinajstić information content (AvgIpc) is 2.29. The van der Waals surface area contributed by atoms with Crippen molar-refractivity contribution >= 4 is 0 Å². The number of nitrogens with two attached hydrogens (primary N) is 2. The van der Waals surface area contributed by atoms with Crippen LogP contribution in [0.5, 0.6) is 11.5 Å². The van der Waals surface area contributed by atoms with E-state index in [1.807, 2.05) is 18.2 Å². The summed E-state index contributed by atoms with van der Waals surface area (Å²) in [7, 11) is 0. The third-order valence-corrected chi connectivity index (χ3v) is 2.47. The zero-order valence-corrected chi connectivity index (χ0v) is 8.61. The Bertz CT molecular complexity index is 341. The van der Waals surface area contributed by atoms with Crippen molar-refractivity contribution in [2.24, 2.45) is 11.5 Å². The molecule has 1 heterocycles. The van der Waals surface area contributed by atoms with Gasteiger partial charge in [-0.25, -0.2) is 0 Å². The number of ether oxygens (including phenoxy) is 2. The van der Waals surface area contributed by atoms with Crippen molar-refractivity contribution < 1.29 is 9.47 Å². The van der Waals surface area contributed by atoms with Crippen LogP contribution in [0.1, 0.15) is 18.0 Å². The van der Waals surface area contributed by atoms with E-state index in [2.05, 4.69) is 0 Å². The molecule has 1 aromatic carbocycles. The van der Waals surface area contributed by atoms with E-state index in [0.717, 1.165) is 23.5 Å². The molecule has 2 rings (SSSR count). The highest BCUT2D eigenvalue weighted by Crippen LogP contribution is 2.32. The Morgan fingerprint density at radius 2 is 1.93 bits per heavy atom. The van der Waals surface area contributed by atoms with Crippen molar-refractivity contribution in [2.75, 3.05) is 19.8 Å². The van der Waals surface area contributed by atoms with E-state index in [9.17, 15) is 0 Å². The molecule has 4 N–H and O–H groups in total. The zero-order chi connectivity index (χ0) is 10.7. The van der Waals surface area contributed by atoms with Crippen molar-refractivity contribution in [1.82, 2.24) is 0 Å². The Hall–Kier alpha value is -1.26. The number of rotatable bonds is 3. The van der Waals surface area contributed by atoms with Crippen LogP contribution in [-0.2, 0) is 0 Å². The van der Waals surface area contributed by atoms with Crippen LogP contribution in [-0.4, -0.2) is 19.8 Å². The standard InChI is InChI=1S/C11H16N2O2/c12-4-3-9(13)8-1-2-10-11(7-8)15-6-5-14-10/h1-2,7,9H,3-6,12-13H2. The fourth-order valence-electron chi connectivity index (χ4n) is 1.64. The monoisotopic (exact) mass is 208 g/mol. The second-order valence-corrected chi connectivity index (χ2v) is 3.59. The largest absolute Gasteiger partial charge is 0.486 e. The molecule has 0 aromatic heterocycles. The fraction of sp³-hybridized carbons (Fsp3) is 0.455.